The van der Waals surface area contributed by atoms with Crippen molar-refractivity contribution >= 4 is 0 Å². The molecule has 1 aromatic carbocycles. The molecular formula is C16H21N3O2. The van der Waals surface area contributed by atoms with E-state index in [4.69, 9.17) is 9.47 Å². The van der Waals surface area contributed by atoms with Crippen LogP contribution in [-0.2, 0) is 13.2 Å². The maximum Gasteiger partial charge on any atom is 0.166 e. The van der Waals surface area contributed by atoms with Gasteiger partial charge < -0.3 is 14.8 Å². The Kier molecular flexibility index (Phi) is 5.97. The Balaban J connectivity index is 2.17. The molecule has 0 atom stereocenters. The molecule has 0 aliphatic rings. The van der Waals surface area contributed by atoms with Gasteiger partial charge in [0.05, 0.1) is 6.61 Å². The molecule has 0 radical (unpaired) electrons. The summed E-state index contributed by atoms with van der Waals surface area (Å²) < 4.78 is 11.6. The SMILES string of the molecule is CCNCc1cccc(OCC)c1OCc1ncccn1. The summed E-state index contributed by atoms with van der Waals surface area (Å²) in [7, 11) is 0. The summed E-state index contributed by atoms with van der Waals surface area (Å²) in [5.74, 6) is 2.16. The summed E-state index contributed by atoms with van der Waals surface area (Å²) in [6.45, 7) is 6.60. The van der Waals surface area contributed by atoms with Crippen molar-refractivity contribution in [3.05, 3.63) is 48.0 Å². The standard InChI is InChI=1S/C16H21N3O2/c1-3-17-11-13-7-5-8-14(20-4-2)16(13)21-12-15-18-9-6-10-19-15/h5-10,17H,3-4,11-12H2,1-2H3. The maximum absolute atomic E-state index is 5.91. The number of hydrogen-bond acceptors (Lipinski definition) is 5. The molecule has 0 saturated carbocycles. The zero-order valence-corrected chi connectivity index (χ0v) is 12.5. The van der Waals surface area contributed by atoms with Crippen molar-refractivity contribution in [1.29, 1.82) is 0 Å². The highest BCUT2D eigenvalue weighted by molar-refractivity contribution is 5.46. The molecule has 2 rings (SSSR count). The van der Waals surface area contributed by atoms with Gasteiger partial charge in [-0.05, 0) is 25.6 Å². The lowest BCUT2D eigenvalue weighted by Crippen LogP contribution is -2.13. The first-order valence-corrected chi connectivity index (χ1v) is 7.19. The van der Waals surface area contributed by atoms with Crippen LogP contribution in [0.4, 0.5) is 0 Å². The van der Waals surface area contributed by atoms with E-state index in [2.05, 4.69) is 22.2 Å². The van der Waals surface area contributed by atoms with E-state index in [9.17, 15) is 0 Å². The number of ether oxygens (including phenoxy) is 2. The summed E-state index contributed by atoms with van der Waals surface area (Å²) in [4.78, 5) is 8.34. The van der Waals surface area contributed by atoms with Crippen LogP contribution in [0.5, 0.6) is 11.5 Å². The Morgan fingerprint density at radius 1 is 1.05 bits per heavy atom. The fraction of sp³-hybridized carbons (Fsp3) is 0.375. The Labute approximate surface area is 125 Å². The summed E-state index contributed by atoms with van der Waals surface area (Å²) in [6.07, 6.45) is 3.42. The highest BCUT2D eigenvalue weighted by atomic mass is 16.5. The van der Waals surface area contributed by atoms with Crippen LogP contribution >= 0.6 is 0 Å². The molecule has 1 aromatic heterocycles. The van der Waals surface area contributed by atoms with Crippen LogP contribution in [-0.4, -0.2) is 23.1 Å². The van der Waals surface area contributed by atoms with E-state index in [1.165, 1.54) is 0 Å². The van der Waals surface area contributed by atoms with Gasteiger partial charge in [-0.25, -0.2) is 9.97 Å². The van der Waals surface area contributed by atoms with Gasteiger partial charge in [0, 0.05) is 24.5 Å². The van der Waals surface area contributed by atoms with Crippen LogP contribution in [0.15, 0.2) is 36.7 Å². The highest BCUT2D eigenvalue weighted by Gasteiger charge is 2.11. The summed E-state index contributed by atoms with van der Waals surface area (Å²) in [6, 6.07) is 7.71. The number of nitrogens with zero attached hydrogens (tertiary/aromatic N) is 2. The molecule has 0 bridgehead atoms. The second-order valence-electron chi connectivity index (χ2n) is 4.41. The lowest BCUT2D eigenvalue weighted by molar-refractivity contribution is 0.260. The third-order valence-electron chi connectivity index (χ3n) is 2.89. The Bertz CT molecular complexity index is 546. The molecule has 0 aliphatic heterocycles. The van der Waals surface area contributed by atoms with Crippen LogP contribution in [0.25, 0.3) is 0 Å². The van der Waals surface area contributed by atoms with E-state index in [0.29, 0.717) is 19.0 Å². The van der Waals surface area contributed by atoms with Gasteiger partial charge in [-0.1, -0.05) is 19.1 Å². The number of rotatable bonds is 8. The largest absolute Gasteiger partial charge is 0.490 e. The minimum atomic E-state index is 0.323. The van der Waals surface area contributed by atoms with Crippen molar-refractivity contribution < 1.29 is 9.47 Å². The third kappa shape index (κ3) is 4.43. The van der Waals surface area contributed by atoms with E-state index in [1.54, 1.807) is 18.5 Å². The second kappa shape index (κ2) is 8.21. The Hall–Kier alpha value is -2.14. The van der Waals surface area contributed by atoms with Crippen LogP contribution in [0, 0.1) is 0 Å². The van der Waals surface area contributed by atoms with Gasteiger partial charge in [-0.2, -0.15) is 0 Å². The lowest BCUT2D eigenvalue weighted by Gasteiger charge is -2.15. The average Bonchev–Trinajstić information content (AvgIpc) is 2.53. The first kappa shape index (κ1) is 15.3. The van der Waals surface area contributed by atoms with Gasteiger partial charge in [0.15, 0.2) is 17.3 Å². The van der Waals surface area contributed by atoms with Gasteiger partial charge in [0.25, 0.3) is 0 Å². The molecule has 1 heterocycles. The summed E-state index contributed by atoms with van der Waals surface area (Å²) in [5.41, 5.74) is 1.07. The minimum absolute atomic E-state index is 0.323. The maximum atomic E-state index is 5.91. The fourth-order valence-electron chi connectivity index (χ4n) is 1.93. The lowest BCUT2D eigenvalue weighted by atomic mass is 10.2. The van der Waals surface area contributed by atoms with Gasteiger partial charge >= 0.3 is 0 Å². The van der Waals surface area contributed by atoms with Crippen molar-refractivity contribution in [1.82, 2.24) is 15.3 Å². The zero-order valence-electron chi connectivity index (χ0n) is 12.5. The monoisotopic (exact) mass is 287 g/mol. The molecule has 0 unspecified atom stereocenters. The predicted octanol–water partition coefficient (Wildman–Crippen LogP) is 2.56. The molecule has 0 saturated heterocycles. The van der Waals surface area contributed by atoms with Gasteiger partial charge in [-0.15, -0.1) is 0 Å². The van der Waals surface area contributed by atoms with E-state index in [1.807, 2.05) is 25.1 Å². The molecule has 0 fully saturated rings. The normalized spacial score (nSPS) is 10.4. The highest BCUT2D eigenvalue weighted by Crippen LogP contribution is 2.32. The predicted molar refractivity (Wildman–Crippen MR) is 81.4 cm³/mol. The van der Waals surface area contributed by atoms with Crippen molar-refractivity contribution in [2.45, 2.75) is 27.0 Å². The molecule has 0 spiro atoms. The molecular weight excluding hydrogens is 266 g/mol. The van der Waals surface area contributed by atoms with Crippen LogP contribution < -0.4 is 14.8 Å². The van der Waals surface area contributed by atoms with Crippen molar-refractivity contribution in [3.8, 4) is 11.5 Å². The molecule has 2 aromatic rings. The summed E-state index contributed by atoms with van der Waals surface area (Å²) in [5, 5.41) is 3.31. The van der Waals surface area contributed by atoms with Crippen LogP contribution in [0.3, 0.4) is 0 Å². The van der Waals surface area contributed by atoms with E-state index in [0.717, 1.165) is 30.2 Å². The zero-order chi connectivity index (χ0) is 14.9. The molecule has 1 N–H and O–H groups in total. The minimum Gasteiger partial charge on any atom is -0.490 e. The van der Waals surface area contributed by atoms with Gasteiger partial charge in [0.2, 0.25) is 0 Å². The Morgan fingerprint density at radius 3 is 2.57 bits per heavy atom. The van der Waals surface area contributed by atoms with Crippen molar-refractivity contribution in [2.75, 3.05) is 13.2 Å². The quantitative estimate of drug-likeness (QED) is 0.808. The molecule has 21 heavy (non-hydrogen) atoms. The number of aromatic nitrogens is 2. The average molecular weight is 287 g/mol. The first-order chi connectivity index (χ1) is 10.3. The van der Waals surface area contributed by atoms with E-state index in [-0.39, 0.29) is 0 Å². The van der Waals surface area contributed by atoms with Crippen molar-refractivity contribution in [3.63, 3.8) is 0 Å². The fourth-order valence-corrected chi connectivity index (χ4v) is 1.93. The molecule has 112 valence electrons. The third-order valence-corrected chi connectivity index (χ3v) is 2.89. The number of benzene rings is 1. The van der Waals surface area contributed by atoms with Crippen LogP contribution in [0.1, 0.15) is 25.2 Å². The Morgan fingerprint density at radius 2 is 1.86 bits per heavy atom. The molecule has 0 amide bonds. The first-order valence-electron chi connectivity index (χ1n) is 7.19. The molecule has 5 heteroatoms. The van der Waals surface area contributed by atoms with E-state index >= 15 is 0 Å². The van der Waals surface area contributed by atoms with E-state index < -0.39 is 0 Å². The number of para-hydroxylation sites is 1. The van der Waals surface area contributed by atoms with Gasteiger partial charge in [-0.3, -0.25) is 0 Å². The molecule has 5 nitrogen and oxygen atoms in total. The molecule has 0 aliphatic carbocycles. The summed E-state index contributed by atoms with van der Waals surface area (Å²) >= 11 is 0. The topological polar surface area (TPSA) is 56.3 Å². The number of hydrogen-bond donors (Lipinski definition) is 1. The van der Waals surface area contributed by atoms with Gasteiger partial charge in [0.1, 0.15) is 6.61 Å². The van der Waals surface area contributed by atoms with Crippen LogP contribution in [0.2, 0.25) is 0 Å². The smallest absolute Gasteiger partial charge is 0.166 e. The second-order valence-corrected chi connectivity index (χ2v) is 4.41. The van der Waals surface area contributed by atoms with Crippen molar-refractivity contribution in [2.24, 2.45) is 0 Å². The number of nitrogens with one attached hydrogen (secondary N) is 1.